The van der Waals surface area contributed by atoms with Crippen LogP contribution in [0.3, 0.4) is 0 Å². The summed E-state index contributed by atoms with van der Waals surface area (Å²) < 4.78 is 1.02. The van der Waals surface area contributed by atoms with Crippen LogP contribution in [0.2, 0.25) is 5.02 Å². The number of fused-ring (bicyclic) bond motifs is 2. The third-order valence-electron chi connectivity index (χ3n) is 5.64. The number of halogens is 1. The molecule has 172 valence electrons. The van der Waals surface area contributed by atoms with Crippen molar-refractivity contribution < 1.29 is 14.5 Å². The summed E-state index contributed by atoms with van der Waals surface area (Å²) in [6, 6.07) is 11.7. The summed E-state index contributed by atoms with van der Waals surface area (Å²) in [5, 5.41) is 15.9. The number of nitro groups is 1. The van der Waals surface area contributed by atoms with E-state index in [2.05, 4.69) is 5.32 Å². The Bertz CT molecular complexity index is 1450. The van der Waals surface area contributed by atoms with E-state index in [0.717, 1.165) is 31.2 Å². The van der Waals surface area contributed by atoms with Gasteiger partial charge < -0.3 is 10.2 Å². The third-order valence-corrected chi connectivity index (χ3v) is 8.06. The maximum absolute atomic E-state index is 13.2. The molecule has 2 aromatic carbocycles. The molecule has 0 unspecified atom stereocenters. The molecule has 11 heteroatoms. The molecule has 0 saturated carbocycles. The monoisotopic (exact) mass is 512 g/mol. The van der Waals surface area contributed by atoms with Crippen LogP contribution in [0, 0.1) is 10.1 Å². The summed E-state index contributed by atoms with van der Waals surface area (Å²) in [5.41, 5.74) is 2.25. The topological polar surface area (TPSA) is 105 Å². The van der Waals surface area contributed by atoms with E-state index in [1.807, 2.05) is 24.3 Å². The molecule has 0 aliphatic carbocycles. The molecule has 0 radical (unpaired) electrons. The van der Waals surface area contributed by atoms with Gasteiger partial charge in [0.2, 0.25) is 5.91 Å². The molecule has 0 atom stereocenters. The van der Waals surface area contributed by atoms with Gasteiger partial charge in [-0.2, -0.15) is 0 Å². The van der Waals surface area contributed by atoms with Crippen molar-refractivity contribution in [3.8, 4) is 10.6 Å². The van der Waals surface area contributed by atoms with Crippen LogP contribution in [-0.4, -0.2) is 33.2 Å². The van der Waals surface area contributed by atoms with Crippen molar-refractivity contribution in [2.45, 2.75) is 19.9 Å². The number of hydrogen-bond donors (Lipinski definition) is 1. The van der Waals surface area contributed by atoms with E-state index in [-0.39, 0.29) is 22.2 Å². The predicted octanol–water partition coefficient (Wildman–Crippen LogP) is 5.74. The zero-order valence-corrected chi connectivity index (χ0v) is 20.2. The highest BCUT2D eigenvalue weighted by Gasteiger charge is 2.30. The summed E-state index contributed by atoms with van der Waals surface area (Å²) >= 11 is 8.91. The molecule has 2 aromatic heterocycles. The minimum atomic E-state index is -0.626. The lowest BCUT2D eigenvalue weighted by atomic mass is 10.0. The van der Waals surface area contributed by atoms with E-state index in [0.29, 0.717) is 24.5 Å². The maximum atomic E-state index is 13.2. The van der Waals surface area contributed by atoms with Gasteiger partial charge in [-0.1, -0.05) is 23.7 Å². The van der Waals surface area contributed by atoms with Crippen LogP contribution in [0.1, 0.15) is 27.7 Å². The van der Waals surface area contributed by atoms with Gasteiger partial charge in [0.25, 0.3) is 11.6 Å². The number of carbonyl (C=O) groups excluding carboxylic acids is 2. The number of nitrogens with one attached hydrogen (secondary N) is 1. The Hall–Kier alpha value is -3.34. The summed E-state index contributed by atoms with van der Waals surface area (Å²) in [5.74, 6) is -0.640. The highest BCUT2D eigenvalue weighted by Crippen LogP contribution is 2.46. The van der Waals surface area contributed by atoms with Gasteiger partial charge in [0.15, 0.2) is 0 Å². The fourth-order valence-corrected chi connectivity index (χ4v) is 6.53. The molecule has 34 heavy (non-hydrogen) atoms. The number of amides is 2. The van der Waals surface area contributed by atoms with Gasteiger partial charge >= 0.3 is 0 Å². The Morgan fingerprint density at radius 2 is 2.00 bits per heavy atom. The van der Waals surface area contributed by atoms with Crippen molar-refractivity contribution in [1.29, 1.82) is 0 Å². The van der Waals surface area contributed by atoms with Crippen molar-refractivity contribution in [3.63, 3.8) is 0 Å². The number of anilines is 1. The average molecular weight is 513 g/mol. The molecular weight excluding hydrogens is 496 g/mol. The van der Waals surface area contributed by atoms with Gasteiger partial charge in [0, 0.05) is 35.0 Å². The van der Waals surface area contributed by atoms with E-state index in [1.54, 1.807) is 4.90 Å². The first-order valence-corrected chi connectivity index (χ1v) is 12.3. The smallest absolute Gasteiger partial charge is 0.282 e. The largest absolute Gasteiger partial charge is 0.337 e. The highest BCUT2D eigenvalue weighted by molar-refractivity contribution is 7.23. The van der Waals surface area contributed by atoms with E-state index in [9.17, 15) is 19.7 Å². The van der Waals surface area contributed by atoms with Crippen LogP contribution < -0.4 is 5.32 Å². The second-order valence-corrected chi connectivity index (χ2v) is 10.3. The van der Waals surface area contributed by atoms with Gasteiger partial charge in [-0.3, -0.25) is 19.7 Å². The Morgan fingerprint density at radius 3 is 2.74 bits per heavy atom. The predicted molar refractivity (Wildman–Crippen MR) is 134 cm³/mol. The zero-order chi connectivity index (χ0) is 24.0. The Kier molecular flexibility index (Phi) is 5.80. The number of thiazole rings is 1. The molecule has 1 N–H and O–H groups in total. The van der Waals surface area contributed by atoms with Gasteiger partial charge in [0.05, 0.1) is 21.7 Å². The van der Waals surface area contributed by atoms with Crippen LogP contribution in [0.25, 0.3) is 20.8 Å². The van der Waals surface area contributed by atoms with E-state index >= 15 is 0 Å². The van der Waals surface area contributed by atoms with Crippen molar-refractivity contribution in [2.24, 2.45) is 0 Å². The second kappa shape index (κ2) is 8.79. The molecule has 0 bridgehead atoms. The second-order valence-electron chi connectivity index (χ2n) is 7.76. The number of rotatable bonds is 4. The molecule has 0 fully saturated rings. The molecule has 1 aliphatic heterocycles. The fourth-order valence-electron chi connectivity index (χ4n) is 3.99. The van der Waals surface area contributed by atoms with Crippen LogP contribution in [-0.2, 0) is 17.8 Å². The Morgan fingerprint density at radius 1 is 1.21 bits per heavy atom. The van der Waals surface area contributed by atoms with E-state index in [1.165, 1.54) is 47.8 Å². The third kappa shape index (κ3) is 4.04. The normalized spacial score (nSPS) is 13.1. The van der Waals surface area contributed by atoms with Crippen molar-refractivity contribution in [3.05, 3.63) is 73.6 Å². The maximum Gasteiger partial charge on any atom is 0.282 e. The number of carbonyl (C=O) groups is 2. The molecule has 4 aromatic rings. The molecule has 5 rings (SSSR count). The molecular formula is C23H17ClN4O4S2. The van der Waals surface area contributed by atoms with Crippen LogP contribution in [0.15, 0.2) is 42.5 Å². The van der Waals surface area contributed by atoms with Crippen LogP contribution in [0.4, 0.5) is 10.7 Å². The SMILES string of the molecule is CC(=O)N1CCc2c(sc(NC(=O)c3cc(Cl)ccc3[N+](=O)[O-])c2-c2nc3ccccc3s2)C1. The van der Waals surface area contributed by atoms with Crippen molar-refractivity contribution in [1.82, 2.24) is 9.88 Å². The average Bonchev–Trinajstić information content (AvgIpc) is 3.38. The quantitative estimate of drug-likeness (QED) is 0.277. The van der Waals surface area contributed by atoms with Gasteiger partial charge in [0.1, 0.15) is 15.6 Å². The standard InChI is InChI=1S/C23H17ClN4O4S2/c1-12(29)27-9-8-14-19(11-27)34-23(20(14)22-25-16-4-2-3-5-18(16)33-22)26-21(30)15-10-13(24)6-7-17(15)28(31)32/h2-7,10H,8-9,11H2,1H3,(H,26,30). The van der Waals surface area contributed by atoms with E-state index in [4.69, 9.17) is 16.6 Å². The Balaban J connectivity index is 1.61. The fraction of sp³-hybridized carbons (Fsp3) is 0.174. The van der Waals surface area contributed by atoms with Gasteiger partial charge in [-0.05, 0) is 36.2 Å². The Labute approximate surface area is 207 Å². The molecule has 3 heterocycles. The van der Waals surface area contributed by atoms with Gasteiger partial charge in [-0.15, -0.1) is 22.7 Å². The van der Waals surface area contributed by atoms with Crippen LogP contribution in [0.5, 0.6) is 0 Å². The molecule has 2 amide bonds. The molecule has 0 saturated heterocycles. The summed E-state index contributed by atoms with van der Waals surface area (Å²) in [4.78, 5) is 43.5. The highest BCUT2D eigenvalue weighted by atomic mass is 35.5. The number of thiophene rings is 1. The molecule has 8 nitrogen and oxygen atoms in total. The molecule has 0 spiro atoms. The minimum Gasteiger partial charge on any atom is -0.337 e. The van der Waals surface area contributed by atoms with Gasteiger partial charge in [-0.25, -0.2) is 4.98 Å². The lowest BCUT2D eigenvalue weighted by molar-refractivity contribution is -0.385. The summed E-state index contributed by atoms with van der Waals surface area (Å²) in [6.45, 7) is 2.55. The minimum absolute atomic E-state index is 0.0132. The molecule has 1 aliphatic rings. The lowest BCUT2D eigenvalue weighted by Gasteiger charge is -2.26. The van der Waals surface area contributed by atoms with Crippen LogP contribution >= 0.6 is 34.3 Å². The number of benzene rings is 2. The van der Waals surface area contributed by atoms with Crippen molar-refractivity contribution >= 4 is 67.0 Å². The first-order chi connectivity index (χ1) is 16.3. The number of aromatic nitrogens is 1. The number of hydrogen-bond acceptors (Lipinski definition) is 7. The van der Waals surface area contributed by atoms with Crippen molar-refractivity contribution in [2.75, 3.05) is 11.9 Å². The first kappa shape index (κ1) is 22.5. The lowest BCUT2D eigenvalue weighted by Crippen LogP contribution is -2.33. The number of para-hydroxylation sites is 1. The van der Waals surface area contributed by atoms with E-state index < -0.39 is 10.8 Å². The summed E-state index contributed by atoms with van der Waals surface area (Å²) in [6.07, 6.45) is 0.629. The summed E-state index contributed by atoms with van der Waals surface area (Å²) in [7, 11) is 0. The number of nitro benzene ring substituents is 1. The first-order valence-electron chi connectivity index (χ1n) is 10.3. The number of nitrogens with zero attached hydrogens (tertiary/aromatic N) is 3. The zero-order valence-electron chi connectivity index (χ0n) is 17.8.